The van der Waals surface area contributed by atoms with Gasteiger partial charge in [0.25, 0.3) is 0 Å². The third kappa shape index (κ3) is 4.29. The Morgan fingerprint density at radius 3 is 2.54 bits per heavy atom. The van der Waals surface area contributed by atoms with Crippen molar-refractivity contribution in [3.05, 3.63) is 75.5 Å². The average molecular weight is 408 g/mol. The zero-order valence-electron chi connectivity index (χ0n) is 13.9. The second-order valence-corrected chi connectivity index (χ2v) is 6.57. The number of nitriles is 1. The Kier molecular flexibility index (Phi) is 5.34. The summed E-state index contributed by atoms with van der Waals surface area (Å²) >= 11 is 3.33. The van der Waals surface area contributed by atoms with Crippen LogP contribution in [0.1, 0.15) is 27.3 Å². The Hall–Kier alpha value is -3.11. The van der Waals surface area contributed by atoms with E-state index in [-0.39, 0.29) is 23.7 Å². The van der Waals surface area contributed by atoms with Crippen LogP contribution in [0.25, 0.3) is 11.6 Å². The molecule has 26 heavy (non-hydrogen) atoms. The minimum atomic E-state index is -0.137. The number of benzene rings is 2. The van der Waals surface area contributed by atoms with Gasteiger partial charge in [0.15, 0.2) is 5.78 Å². The number of tetrazole rings is 1. The first-order valence-corrected chi connectivity index (χ1v) is 8.60. The van der Waals surface area contributed by atoms with E-state index in [0.29, 0.717) is 5.56 Å². The molecule has 0 aliphatic carbocycles. The van der Waals surface area contributed by atoms with Crippen LogP contribution in [0.5, 0.6) is 0 Å². The summed E-state index contributed by atoms with van der Waals surface area (Å²) in [5.74, 6) is 0.0548. The Labute approximate surface area is 158 Å². The zero-order chi connectivity index (χ0) is 18.5. The molecular weight excluding hydrogens is 394 g/mol. The van der Waals surface area contributed by atoms with Gasteiger partial charge in [-0.15, -0.1) is 10.2 Å². The van der Waals surface area contributed by atoms with Crippen LogP contribution in [0.4, 0.5) is 0 Å². The summed E-state index contributed by atoms with van der Waals surface area (Å²) in [4.78, 5) is 13.5. The fraction of sp³-hybridized carbons (Fsp3) is 0.105. The first-order chi connectivity index (χ1) is 12.5. The van der Waals surface area contributed by atoms with E-state index in [0.717, 1.165) is 15.6 Å². The quantitative estimate of drug-likeness (QED) is 0.475. The van der Waals surface area contributed by atoms with Gasteiger partial charge in [0.05, 0.1) is 0 Å². The number of Topliss-reactive ketones (excluding diaryl/α,β-unsaturated/α-hetero) is 1. The minimum absolute atomic E-state index is 0.0438. The maximum atomic E-state index is 12.3. The van der Waals surface area contributed by atoms with Crippen LogP contribution in [-0.4, -0.2) is 26.0 Å². The Bertz CT molecular complexity index is 998. The van der Waals surface area contributed by atoms with Crippen molar-refractivity contribution in [2.75, 3.05) is 0 Å². The van der Waals surface area contributed by atoms with Gasteiger partial charge < -0.3 is 0 Å². The van der Waals surface area contributed by atoms with Crippen molar-refractivity contribution < 1.29 is 4.79 Å². The molecule has 0 saturated heterocycles. The number of halogens is 1. The number of aromatic nitrogens is 4. The number of hydrogen-bond donors (Lipinski definition) is 0. The molecule has 0 bridgehead atoms. The highest BCUT2D eigenvalue weighted by atomic mass is 79.9. The maximum Gasteiger partial charge on any atom is 0.215 e. The molecule has 128 valence electrons. The van der Waals surface area contributed by atoms with E-state index < -0.39 is 0 Å². The molecule has 1 heterocycles. The molecule has 0 saturated carbocycles. The van der Waals surface area contributed by atoms with E-state index in [4.69, 9.17) is 0 Å². The smallest absolute Gasteiger partial charge is 0.215 e. The molecule has 3 rings (SSSR count). The van der Waals surface area contributed by atoms with Crippen molar-refractivity contribution in [2.24, 2.45) is 0 Å². The molecule has 0 radical (unpaired) electrons. The summed E-state index contributed by atoms with van der Waals surface area (Å²) < 4.78 is 0.898. The van der Waals surface area contributed by atoms with Crippen molar-refractivity contribution in [3.63, 3.8) is 0 Å². The molecule has 7 heteroatoms. The van der Waals surface area contributed by atoms with Gasteiger partial charge >= 0.3 is 0 Å². The van der Waals surface area contributed by atoms with Crippen molar-refractivity contribution in [3.8, 4) is 6.07 Å². The van der Waals surface area contributed by atoms with Crippen LogP contribution in [0.15, 0.2) is 53.0 Å². The first-order valence-electron chi connectivity index (χ1n) is 7.80. The molecular formula is C19H14BrN5O. The summed E-state index contributed by atoms with van der Waals surface area (Å²) in [5, 5.41) is 21.3. The molecule has 6 nitrogen and oxygen atoms in total. The monoisotopic (exact) mass is 407 g/mol. The second-order valence-electron chi connectivity index (χ2n) is 5.65. The number of carbonyl (C=O) groups excluding carboxylic acids is 1. The maximum absolute atomic E-state index is 12.3. The van der Waals surface area contributed by atoms with Crippen LogP contribution in [0, 0.1) is 18.3 Å². The van der Waals surface area contributed by atoms with Gasteiger partial charge in [0, 0.05) is 10.0 Å². The Balaban J connectivity index is 1.77. The summed E-state index contributed by atoms with van der Waals surface area (Å²) in [6.45, 7) is 1.95. The highest BCUT2D eigenvalue weighted by Crippen LogP contribution is 2.15. The lowest BCUT2D eigenvalue weighted by Crippen LogP contribution is -2.13. The van der Waals surface area contributed by atoms with Gasteiger partial charge in [-0.1, -0.05) is 57.9 Å². The van der Waals surface area contributed by atoms with Gasteiger partial charge in [0.2, 0.25) is 5.82 Å². The topological polar surface area (TPSA) is 84.5 Å². The normalized spacial score (nSPS) is 11.2. The lowest BCUT2D eigenvalue weighted by atomic mass is 10.1. The van der Waals surface area contributed by atoms with Crippen molar-refractivity contribution >= 4 is 33.4 Å². The van der Waals surface area contributed by atoms with E-state index >= 15 is 0 Å². The van der Waals surface area contributed by atoms with Crippen LogP contribution in [0.3, 0.4) is 0 Å². The van der Waals surface area contributed by atoms with E-state index in [1.54, 1.807) is 30.3 Å². The first kappa shape index (κ1) is 17.7. The average Bonchev–Trinajstić information content (AvgIpc) is 3.10. The third-order valence-corrected chi connectivity index (χ3v) is 4.18. The fourth-order valence-electron chi connectivity index (χ4n) is 2.25. The van der Waals surface area contributed by atoms with Gasteiger partial charge in [0.1, 0.15) is 18.2 Å². The summed E-state index contributed by atoms with van der Waals surface area (Å²) in [6.07, 6.45) is 1.69. The lowest BCUT2D eigenvalue weighted by Gasteiger charge is -2.00. The molecule has 0 atom stereocenters. The Morgan fingerprint density at radius 1 is 1.19 bits per heavy atom. The number of ketones is 1. The van der Waals surface area contributed by atoms with Gasteiger partial charge in [-0.25, -0.2) is 0 Å². The van der Waals surface area contributed by atoms with Gasteiger partial charge in [-0.3, -0.25) is 4.79 Å². The Morgan fingerprint density at radius 2 is 1.88 bits per heavy atom. The molecule has 3 aromatic rings. The predicted octanol–water partition coefficient (Wildman–Crippen LogP) is 3.69. The highest BCUT2D eigenvalue weighted by Gasteiger charge is 2.12. The van der Waals surface area contributed by atoms with Crippen LogP contribution < -0.4 is 0 Å². The molecule has 1 aromatic heterocycles. The zero-order valence-corrected chi connectivity index (χ0v) is 15.5. The number of aryl methyl sites for hydroxylation is 1. The summed E-state index contributed by atoms with van der Waals surface area (Å²) in [6, 6.07) is 16.9. The summed E-state index contributed by atoms with van der Waals surface area (Å²) in [7, 11) is 0. The van der Waals surface area contributed by atoms with E-state index in [1.165, 1.54) is 4.80 Å². The molecule has 0 aliphatic heterocycles. The SMILES string of the molecule is Cc1ccc(/C=C(\C#N)c2nnn(CC(=O)c3ccc(Br)cc3)n2)cc1. The third-order valence-electron chi connectivity index (χ3n) is 3.65. The van der Waals surface area contributed by atoms with Crippen molar-refractivity contribution in [1.82, 2.24) is 20.2 Å². The molecule has 2 aromatic carbocycles. The number of hydrogen-bond acceptors (Lipinski definition) is 5. The minimum Gasteiger partial charge on any atom is -0.292 e. The molecule has 0 N–H and O–H groups in total. The van der Waals surface area contributed by atoms with Crippen molar-refractivity contribution in [1.29, 1.82) is 5.26 Å². The number of nitrogens with zero attached hydrogens (tertiary/aromatic N) is 5. The van der Waals surface area contributed by atoms with Crippen LogP contribution in [0.2, 0.25) is 0 Å². The van der Waals surface area contributed by atoms with Crippen LogP contribution >= 0.6 is 15.9 Å². The molecule has 0 spiro atoms. The largest absolute Gasteiger partial charge is 0.292 e. The van der Waals surface area contributed by atoms with Crippen LogP contribution in [-0.2, 0) is 6.54 Å². The van der Waals surface area contributed by atoms with Gasteiger partial charge in [-0.05, 0) is 35.9 Å². The molecule has 0 amide bonds. The number of rotatable bonds is 5. The second kappa shape index (κ2) is 7.85. The molecule has 0 aliphatic rings. The predicted molar refractivity (Wildman–Crippen MR) is 101 cm³/mol. The molecule has 0 fully saturated rings. The summed E-state index contributed by atoms with van der Waals surface area (Å²) in [5.41, 5.74) is 2.85. The number of carbonyl (C=O) groups is 1. The molecule has 0 unspecified atom stereocenters. The lowest BCUT2D eigenvalue weighted by molar-refractivity contribution is 0.0961. The number of allylic oxidation sites excluding steroid dienone is 1. The van der Waals surface area contributed by atoms with Crippen molar-refractivity contribution in [2.45, 2.75) is 13.5 Å². The van der Waals surface area contributed by atoms with E-state index in [2.05, 4.69) is 37.4 Å². The highest BCUT2D eigenvalue weighted by molar-refractivity contribution is 9.10. The van der Waals surface area contributed by atoms with Gasteiger partial charge in [-0.2, -0.15) is 10.1 Å². The van der Waals surface area contributed by atoms with E-state index in [1.807, 2.05) is 31.2 Å². The standard InChI is InChI=1S/C19H14BrN5O/c1-13-2-4-14(5-3-13)10-16(11-21)19-22-24-25(23-19)12-18(26)15-6-8-17(20)9-7-15/h2-10H,12H2,1H3/b16-10+. The van der Waals surface area contributed by atoms with E-state index in [9.17, 15) is 10.1 Å². The fourth-order valence-corrected chi connectivity index (χ4v) is 2.51.